The third-order valence-corrected chi connectivity index (χ3v) is 8.30. The molecule has 8 heteroatoms. The first-order valence-electron chi connectivity index (χ1n) is 12.8. The largest absolute Gasteiger partial charge is 0.497 e. The summed E-state index contributed by atoms with van der Waals surface area (Å²) >= 11 is 1.69. The van der Waals surface area contributed by atoms with Crippen molar-refractivity contribution < 1.29 is 23.4 Å². The minimum Gasteiger partial charge on any atom is -0.497 e. The van der Waals surface area contributed by atoms with E-state index < -0.39 is 12.1 Å². The highest BCUT2D eigenvalue weighted by molar-refractivity contribution is 7.99. The van der Waals surface area contributed by atoms with E-state index in [9.17, 15) is 14.3 Å². The lowest BCUT2D eigenvalue weighted by molar-refractivity contribution is -0.137. The molecule has 0 bridgehead atoms. The Hall–Kier alpha value is -2.71. The number of thioether (sulfide) groups is 1. The number of ether oxygens (including phenoxy) is 1. The fraction of sp³-hybridized carbons (Fsp3) is 0.448. The maximum atomic E-state index is 15.5. The lowest BCUT2D eigenvalue weighted by atomic mass is 9.79. The van der Waals surface area contributed by atoms with Gasteiger partial charge in [-0.25, -0.2) is 8.78 Å². The van der Waals surface area contributed by atoms with Gasteiger partial charge < -0.3 is 14.7 Å². The number of nitrogens with zero attached hydrogens (tertiary/aromatic N) is 2. The zero-order valence-electron chi connectivity index (χ0n) is 21.1. The van der Waals surface area contributed by atoms with Crippen LogP contribution in [0.1, 0.15) is 43.8 Å². The molecule has 1 aliphatic heterocycles. The fourth-order valence-corrected chi connectivity index (χ4v) is 6.17. The van der Waals surface area contributed by atoms with Gasteiger partial charge in [-0.3, -0.25) is 9.78 Å². The molecule has 1 aromatic heterocycles. The summed E-state index contributed by atoms with van der Waals surface area (Å²) in [4.78, 5) is 19.1. The van der Waals surface area contributed by atoms with Crippen LogP contribution >= 0.6 is 11.8 Å². The smallest absolute Gasteiger partial charge is 0.303 e. The van der Waals surface area contributed by atoms with Crippen LogP contribution in [0.3, 0.4) is 0 Å². The molecule has 1 saturated heterocycles. The molecule has 3 atom stereocenters. The number of methoxy groups -OCH3 is 1. The summed E-state index contributed by atoms with van der Waals surface area (Å²) in [6.45, 7) is 2.63. The molecule has 4 rings (SSSR count). The zero-order chi connectivity index (χ0) is 26.2. The van der Waals surface area contributed by atoms with E-state index in [0.717, 1.165) is 54.0 Å². The van der Waals surface area contributed by atoms with Crippen molar-refractivity contribution in [2.45, 2.75) is 43.2 Å². The van der Waals surface area contributed by atoms with Gasteiger partial charge in [-0.2, -0.15) is 0 Å². The van der Waals surface area contributed by atoms with E-state index in [-0.39, 0.29) is 18.2 Å². The average Bonchev–Trinajstić information content (AvgIpc) is 2.91. The van der Waals surface area contributed by atoms with Crippen molar-refractivity contribution in [3.63, 3.8) is 0 Å². The summed E-state index contributed by atoms with van der Waals surface area (Å²) in [6, 6.07) is 13.8. The van der Waals surface area contributed by atoms with Crippen molar-refractivity contribution in [3.8, 4) is 5.75 Å². The lowest BCUT2D eigenvalue weighted by Crippen LogP contribution is -2.41. The normalized spacial score (nSPS) is 19.1. The summed E-state index contributed by atoms with van der Waals surface area (Å²) < 4.78 is 34.0. The molecule has 198 valence electrons. The van der Waals surface area contributed by atoms with Gasteiger partial charge >= 0.3 is 5.97 Å². The number of alkyl halides is 1. The molecule has 37 heavy (non-hydrogen) atoms. The van der Waals surface area contributed by atoms with Crippen LogP contribution in [-0.2, 0) is 4.79 Å². The minimum atomic E-state index is -1.12. The fourth-order valence-electron chi connectivity index (χ4n) is 5.26. The van der Waals surface area contributed by atoms with Gasteiger partial charge in [0.15, 0.2) is 0 Å². The third-order valence-electron chi connectivity index (χ3n) is 7.31. The molecule has 1 fully saturated rings. The standard InChI is InChI=1S/C29H34F2N2O3S/c1-36-23-6-10-28-26(18-23)25(12-14-32-28)27(31)9-2-20-13-15-33(19-21(20)3-11-29(34)35)16-17-37-24-7-4-22(30)5-8-24/h4-8,10,12,14,18,20-21,27H,2-3,9,11,13,15-17,19H2,1H3,(H,34,35)/t20-,21-,27-/m1/s1. The van der Waals surface area contributed by atoms with Gasteiger partial charge in [0.25, 0.3) is 0 Å². The maximum Gasteiger partial charge on any atom is 0.303 e. The molecule has 2 heterocycles. The lowest BCUT2D eigenvalue weighted by Gasteiger charge is -2.39. The molecule has 5 nitrogen and oxygen atoms in total. The first kappa shape index (κ1) is 27.3. The minimum absolute atomic E-state index is 0.132. The van der Waals surface area contributed by atoms with Crippen LogP contribution in [0, 0.1) is 17.7 Å². The van der Waals surface area contributed by atoms with Gasteiger partial charge in [-0.1, -0.05) is 0 Å². The predicted octanol–water partition coefficient (Wildman–Crippen LogP) is 6.77. The Morgan fingerprint density at radius 3 is 2.76 bits per heavy atom. The SMILES string of the molecule is COc1ccc2nccc([C@H](F)CC[C@@H]3CCN(CCSc4ccc(F)cc4)C[C@H]3CCC(=O)O)c2c1. The van der Waals surface area contributed by atoms with Crippen molar-refractivity contribution in [2.75, 3.05) is 32.5 Å². The highest BCUT2D eigenvalue weighted by atomic mass is 32.2. The Morgan fingerprint density at radius 2 is 2.00 bits per heavy atom. The number of piperidine rings is 1. The number of hydrogen-bond donors (Lipinski definition) is 1. The van der Waals surface area contributed by atoms with Gasteiger partial charge in [0.2, 0.25) is 0 Å². The van der Waals surface area contributed by atoms with Crippen LogP contribution in [0.2, 0.25) is 0 Å². The molecule has 1 N–H and O–H groups in total. The number of carboxylic acid groups (broad SMARTS) is 1. The number of aromatic nitrogens is 1. The Morgan fingerprint density at radius 1 is 1.19 bits per heavy atom. The van der Waals surface area contributed by atoms with E-state index in [1.807, 2.05) is 18.2 Å². The molecule has 0 spiro atoms. The number of carboxylic acids is 1. The molecule has 0 saturated carbocycles. The van der Waals surface area contributed by atoms with Gasteiger partial charge in [-0.15, -0.1) is 11.8 Å². The molecule has 0 aliphatic carbocycles. The highest BCUT2D eigenvalue weighted by Gasteiger charge is 2.30. The summed E-state index contributed by atoms with van der Waals surface area (Å²) in [5.41, 5.74) is 1.37. The number of aliphatic carboxylic acids is 1. The second-order valence-corrected chi connectivity index (χ2v) is 10.8. The van der Waals surface area contributed by atoms with E-state index in [1.165, 1.54) is 12.1 Å². The number of halogens is 2. The van der Waals surface area contributed by atoms with Crippen molar-refractivity contribution in [1.82, 2.24) is 9.88 Å². The van der Waals surface area contributed by atoms with Gasteiger partial charge in [0.05, 0.1) is 12.6 Å². The van der Waals surface area contributed by atoms with Crippen LogP contribution in [0.15, 0.2) is 59.6 Å². The quantitative estimate of drug-likeness (QED) is 0.262. The van der Waals surface area contributed by atoms with E-state index >= 15 is 4.39 Å². The highest BCUT2D eigenvalue weighted by Crippen LogP contribution is 2.36. The predicted molar refractivity (Wildman–Crippen MR) is 143 cm³/mol. The topological polar surface area (TPSA) is 62.7 Å². The van der Waals surface area contributed by atoms with E-state index in [1.54, 1.807) is 43.3 Å². The molecule has 0 radical (unpaired) electrons. The number of likely N-dealkylation sites (tertiary alicyclic amines) is 1. The first-order chi connectivity index (χ1) is 17.9. The van der Waals surface area contributed by atoms with Gasteiger partial charge in [0, 0.05) is 41.7 Å². The average molecular weight is 529 g/mol. The van der Waals surface area contributed by atoms with Crippen LogP contribution in [-0.4, -0.2) is 53.5 Å². The van der Waals surface area contributed by atoms with Gasteiger partial charge in [0.1, 0.15) is 17.7 Å². The number of carbonyl (C=O) groups is 1. The molecular weight excluding hydrogens is 494 g/mol. The number of fused-ring (bicyclic) bond motifs is 1. The molecule has 1 aliphatic rings. The maximum absolute atomic E-state index is 15.5. The second-order valence-electron chi connectivity index (χ2n) is 9.67. The molecular formula is C29H34F2N2O3S. The van der Waals surface area contributed by atoms with Crippen molar-refractivity contribution in [1.29, 1.82) is 0 Å². The number of hydrogen-bond acceptors (Lipinski definition) is 5. The number of pyridine rings is 1. The van der Waals surface area contributed by atoms with Crippen LogP contribution in [0.25, 0.3) is 10.9 Å². The van der Waals surface area contributed by atoms with Crippen LogP contribution < -0.4 is 4.74 Å². The summed E-state index contributed by atoms with van der Waals surface area (Å²) in [5, 5.41) is 10.0. The zero-order valence-corrected chi connectivity index (χ0v) is 21.9. The van der Waals surface area contributed by atoms with Crippen LogP contribution in [0.4, 0.5) is 8.78 Å². The second kappa shape index (κ2) is 13.2. The Labute approximate surface area is 221 Å². The van der Waals surface area contributed by atoms with Crippen LogP contribution in [0.5, 0.6) is 5.75 Å². The Bertz CT molecular complexity index is 1180. The molecule has 2 aromatic carbocycles. The summed E-state index contributed by atoms with van der Waals surface area (Å²) in [5.74, 6) is 1.05. The van der Waals surface area contributed by atoms with Crippen molar-refractivity contribution in [2.24, 2.45) is 11.8 Å². The Balaban J connectivity index is 1.34. The van der Waals surface area contributed by atoms with E-state index in [4.69, 9.17) is 4.74 Å². The monoisotopic (exact) mass is 528 g/mol. The number of rotatable bonds is 12. The first-order valence-corrected chi connectivity index (χ1v) is 13.8. The van der Waals surface area contributed by atoms with E-state index in [0.29, 0.717) is 30.1 Å². The van der Waals surface area contributed by atoms with Gasteiger partial charge in [-0.05, 0) is 98.2 Å². The van der Waals surface area contributed by atoms with Crippen molar-refractivity contribution >= 4 is 28.6 Å². The molecule has 3 aromatic rings. The molecule has 0 unspecified atom stereocenters. The third kappa shape index (κ3) is 7.65. The van der Waals surface area contributed by atoms with E-state index in [2.05, 4.69) is 9.88 Å². The van der Waals surface area contributed by atoms with Crippen molar-refractivity contribution in [3.05, 3.63) is 66.1 Å². The molecule has 0 amide bonds. The summed E-state index contributed by atoms with van der Waals surface area (Å²) in [6.07, 6.45) is 3.31. The Kier molecular flexibility index (Phi) is 9.75. The number of benzene rings is 2. The summed E-state index contributed by atoms with van der Waals surface area (Å²) in [7, 11) is 1.59.